The number of nitrogens with zero attached hydrogens (tertiary/aromatic N) is 4. The van der Waals surface area contributed by atoms with Gasteiger partial charge in [0.1, 0.15) is 28.3 Å². The van der Waals surface area contributed by atoms with Crippen LogP contribution in [-0.2, 0) is 26.2 Å². The number of carbonyl (C=O) groups is 2. The van der Waals surface area contributed by atoms with Crippen LogP contribution in [0.2, 0.25) is 10.0 Å². The molecule has 11 nitrogen and oxygen atoms in total. The Morgan fingerprint density at radius 2 is 1.70 bits per heavy atom. The van der Waals surface area contributed by atoms with Crippen LogP contribution in [0, 0.1) is 13.8 Å². The van der Waals surface area contributed by atoms with E-state index >= 15 is 0 Å². The van der Waals surface area contributed by atoms with E-state index in [4.69, 9.17) is 33.7 Å². The van der Waals surface area contributed by atoms with Gasteiger partial charge in [-0.05, 0) is 69.4 Å². The molecule has 2 aliphatic rings. The van der Waals surface area contributed by atoms with Crippen LogP contribution in [0.1, 0.15) is 55.3 Å². The minimum atomic E-state index is -4.28. The Labute approximate surface area is 305 Å². The lowest BCUT2D eigenvalue weighted by Crippen LogP contribution is -2.62. The highest BCUT2D eigenvalue weighted by molar-refractivity contribution is 7.89. The molecule has 50 heavy (non-hydrogen) atoms. The molecule has 3 aromatic rings. The number of carbonyl (C=O) groups excluding carboxylic acids is 2. The molecule has 1 aliphatic carbocycles. The van der Waals surface area contributed by atoms with Gasteiger partial charge in [-0.25, -0.2) is 13.4 Å². The SMILES string of the molecule is Cc1cc(C)c2cccc(OCc3c(Cl)ccc(S(=O)(=O)NC4(C(=O)N5CCN(C(=O)C(N)CCC[N+](C)(C)C)CC5)CCCC4)c3Cl)c2n1. The second kappa shape index (κ2) is 15.3. The van der Waals surface area contributed by atoms with Gasteiger partial charge in [-0.1, -0.05) is 48.2 Å². The summed E-state index contributed by atoms with van der Waals surface area (Å²) in [6.45, 7) is 6.01. The smallest absolute Gasteiger partial charge is 0.243 e. The van der Waals surface area contributed by atoms with Gasteiger partial charge in [-0.3, -0.25) is 9.59 Å². The van der Waals surface area contributed by atoms with Gasteiger partial charge >= 0.3 is 0 Å². The predicted octanol–water partition coefficient (Wildman–Crippen LogP) is 4.81. The lowest BCUT2D eigenvalue weighted by Gasteiger charge is -2.40. The zero-order valence-corrected chi connectivity index (χ0v) is 31.9. The summed E-state index contributed by atoms with van der Waals surface area (Å²) in [7, 11) is 2.03. The number of aromatic nitrogens is 1. The molecule has 0 radical (unpaired) electrons. The lowest BCUT2D eigenvalue weighted by atomic mass is 9.96. The second-order valence-electron chi connectivity index (χ2n) is 14.6. The number of para-hydroxylation sites is 1. The number of nitrogens with two attached hydrogens (primary N) is 1. The number of hydrogen-bond acceptors (Lipinski definition) is 7. The van der Waals surface area contributed by atoms with Gasteiger partial charge < -0.3 is 24.8 Å². The van der Waals surface area contributed by atoms with Crippen molar-refractivity contribution in [3.05, 3.63) is 63.3 Å². The lowest BCUT2D eigenvalue weighted by molar-refractivity contribution is -0.870. The third-order valence-corrected chi connectivity index (χ3v) is 12.2. The molecule has 0 spiro atoms. The molecule has 14 heteroatoms. The van der Waals surface area contributed by atoms with E-state index in [0.717, 1.165) is 34.1 Å². The van der Waals surface area contributed by atoms with E-state index in [-0.39, 0.29) is 33.4 Å². The van der Waals surface area contributed by atoms with Crippen molar-refractivity contribution in [2.24, 2.45) is 5.73 Å². The highest BCUT2D eigenvalue weighted by Crippen LogP contribution is 2.37. The first kappa shape index (κ1) is 38.2. The van der Waals surface area contributed by atoms with E-state index in [1.165, 1.54) is 12.1 Å². The Morgan fingerprint density at radius 3 is 2.36 bits per heavy atom. The van der Waals surface area contributed by atoms with Crippen LogP contribution in [0.3, 0.4) is 0 Å². The maximum absolute atomic E-state index is 14.1. The fourth-order valence-corrected chi connectivity index (χ4v) is 9.27. The number of pyridine rings is 1. The Bertz CT molecular complexity index is 1850. The Hall–Kier alpha value is -3.00. The van der Waals surface area contributed by atoms with E-state index in [9.17, 15) is 18.0 Å². The van der Waals surface area contributed by atoms with E-state index in [0.29, 0.717) is 75.1 Å². The maximum Gasteiger partial charge on any atom is 0.243 e. The summed E-state index contributed by atoms with van der Waals surface area (Å²) >= 11 is 13.3. The third-order valence-electron chi connectivity index (χ3n) is 9.69. The van der Waals surface area contributed by atoms with Gasteiger partial charge in [-0.15, -0.1) is 0 Å². The summed E-state index contributed by atoms with van der Waals surface area (Å²) in [5.74, 6) is 0.112. The number of nitrogens with one attached hydrogen (secondary N) is 1. The van der Waals surface area contributed by atoms with Crippen molar-refractivity contribution in [2.45, 2.75) is 75.5 Å². The number of sulfonamides is 1. The third kappa shape index (κ3) is 8.54. The molecule has 1 saturated heterocycles. The molecule has 2 amide bonds. The van der Waals surface area contributed by atoms with Crippen LogP contribution >= 0.6 is 23.2 Å². The largest absolute Gasteiger partial charge is 0.487 e. The van der Waals surface area contributed by atoms with Crippen LogP contribution < -0.4 is 15.2 Å². The molecular formula is C36H49Cl2N6O5S+. The molecule has 1 atom stereocenters. The van der Waals surface area contributed by atoms with Crippen molar-refractivity contribution in [3.63, 3.8) is 0 Å². The second-order valence-corrected chi connectivity index (χ2v) is 17.1. The maximum atomic E-state index is 14.1. The van der Waals surface area contributed by atoms with Crippen molar-refractivity contribution < 1.29 is 27.2 Å². The minimum absolute atomic E-state index is 0.0731. The molecule has 5 rings (SSSR count). The number of halogens is 2. The monoisotopic (exact) mass is 747 g/mol. The van der Waals surface area contributed by atoms with Crippen LogP contribution in [0.25, 0.3) is 10.9 Å². The first-order chi connectivity index (χ1) is 23.5. The van der Waals surface area contributed by atoms with E-state index in [1.54, 1.807) is 15.9 Å². The minimum Gasteiger partial charge on any atom is -0.487 e. The first-order valence-electron chi connectivity index (χ1n) is 17.2. The van der Waals surface area contributed by atoms with Crippen LogP contribution in [-0.4, -0.2) is 105 Å². The number of rotatable bonds is 12. The summed E-state index contributed by atoms with van der Waals surface area (Å²) in [5.41, 5.74) is 7.82. The van der Waals surface area contributed by atoms with Gasteiger partial charge in [-0.2, -0.15) is 4.72 Å². The summed E-state index contributed by atoms with van der Waals surface area (Å²) in [6, 6.07) is 9.87. The van der Waals surface area contributed by atoms with Crippen molar-refractivity contribution in [2.75, 3.05) is 53.9 Å². The van der Waals surface area contributed by atoms with Gasteiger partial charge in [0.05, 0.1) is 38.8 Å². The number of ether oxygens (including phenoxy) is 1. The number of piperazine rings is 1. The Kier molecular flexibility index (Phi) is 11.7. The number of aryl methyl sites for hydroxylation is 2. The average Bonchev–Trinajstić information content (AvgIpc) is 3.52. The van der Waals surface area contributed by atoms with Crippen molar-refractivity contribution in [3.8, 4) is 5.75 Å². The zero-order valence-electron chi connectivity index (χ0n) is 29.6. The Morgan fingerprint density at radius 1 is 1.04 bits per heavy atom. The molecule has 2 aromatic carbocycles. The van der Waals surface area contributed by atoms with Crippen LogP contribution in [0.5, 0.6) is 5.75 Å². The molecule has 0 bridgehead atoms. The van der Waals surface area contributed by atoms with Crippen molar-refractivity contribution in [1.82, 2.24) is 19.5 Å². The highest BCUT2D eigenvalue weighted by atomic mass is 35.5. The topological polar surface area (TPSA) is 135 Å². The fourth-order valence-electron chi connectivity index (χ4n) is 6.96. The van der Waals surface area contributed by atoms with Gasteiger partial charge in [0, 0.05) is 47.8 Å². The standard InChI is InChI=1S/C36H49Cl2N6O5S/c1-24-22-25(2)40-33-26(24)10-8-12-30(33)49-23-27-28(37)13-14-31(32(27)38)50(47,48)41-36(15-6-7-16-36)35(46)43-19-17-42(18-20-43)34(45)29(39)11-9-21-44(3,4)5/h8,10,12-14,22,29,41H,6-7,9,11,15-21,23,39H2,1-5H3/q+1. The Balaban J connectivity index is 1.28. The predicted molar refractivity (Wildman–Crippen MR) is 197 cm³/mol. The average molecular weight is 749 g/mol. The normalized spacial score (nSPS) is 17.3. The quantitative estimate of drug-likeness (QED) is 0.254. The van der Waals surface area contributed by atoms with E-state index < -0.39 is 21.6 Å². The summed E-state index contributed by atoms with van der Waals surface area (Å²) < 4.78 is 37.8. The highest BCUT2D eigenvalue weighted by Gasteiger charge is 2.47. The molecule has 3 N–H and O–H groups in total. The van der Waals surface area contributed by atoms with Crippen LogP contribution in [0.15, 0.2) is 41.3 Å². The molecule has 2 heterocycles. The summed E-state index contributed by atoms with van der Waals surface area (Å²) in [5, 5.41) is 1.12. The van der Waals surface area contributed by atoms with Crippen molar-refractivity contribution in [1.29, 1.82) is 0 Å². The van der Waals surface area contributed by atoms with Crippen LogP contribution in [0.4, 0.5) is 0 Å². The number of benzene rings is 2. The molecule has 272 valence electrons. The van der Waals surface area contributed by atoms with Gasteiger partial charge in [0.25, 0.3) is 0 Å². The van der Waals surface area contributed by atoms with E-state index in [2.05, 4.69) is 30.8 Å². The fraction of sp³-hybridized carbons (Fsp3) is 0.528. The molecule has 1 saturated carbocycles. The molecule has 1 unspecified atom stereocenters. The molecule has 1 aromatic heterocycles. The zero-order chi connectivity index (χ0) is 36.4. The van der Waals surface area contributed by atoms with Crippen molar-refractivity contribution >= 4 is 55.9 Å². The summed E-state index contributed by atoms with van der Waals surface area (Å²) in [4.78, 5) is 35.0. The molecule has 2 fully saturated rings. The molecular weight excluding hydrogens is 699 g/mol. The van der Waals surface area contributed by atoms with Gasteiger partial charge in [0.15, 0.2) is 0 Å². The number of quaternary nitrogens is 1. The number of amides is 2. The number of fused-ring (bicyclic) bond motifs is 1. The summed E-state index contributed by atoms with van der Waals surface area (Å²) in [6.07, 6.45) is 3.54. The van der Waals surface area contributed by atoms with Gasteiger partial charge in [0.2, 0.25) is 21.8 Å². The first-order valence-corrected chi connectivity index (χ1v) is 19.4. The number of hydrogen-bond donors (Lipinski definition) is 2. The van der Waals surface area contributed by atoms with E-state index in [1.807, 2.05) is 32.0 Å². The molecule has 1 aliphatic heterocycles.